The second-order valence-corrected chi connectivity index (χ2v) is 6.35. The minimum Gasteiger partial charge on any atom is -0.489 e. The number of aryl methyl sites for hydroxylation is 1. The van der Waals surface area contributed by atoms with Crippen molar-refractivity contribution in [2.45, 2.75) is 38.8 Å². The number of anilines is 1. The van der Waals surface area contributed by atoms with Crippen LogP contribution in [-0.2, 0) is 11.4 Å². The number of carbonyl (C=O) groups excluding carboxylic acids is 1. The fourth-order valence-electron chi connectivity index (χ4n) is 3.00. The first-order chi connectivity index (χ1) is 11.7. The van der Waals surface area contributed by atoms with Crippen molar-refractivity contribution < 1.29 is 9.53 Å². The van der Waals surface area contributed by atoms with Crippen LogP contribution in [-0.4, -0.2) is 18.5 Å². The summed E-state index contributed by atoms with van der Waals surface area (Å²) in [6, 6.07) is 16.1. The molecule has 134 valence electrons. The zero-order valence-electron chi connectivity index (χ0n) is 14.5. The molecule has 1 atom stereocenters. The van der Waals surface area contributed by atoms with Gasteiger partial charge in [-0.1, -0.05) is 35.9 Å². The average Bonchev–Trinajstić information content (AvgIpc) is 3.06. The number of halogens is 1. The van der Waals surface area contributed by atoms with E-state index in [1.54, 1.807) is 0 Å². The third kappa shape index (κ3) is 6.07. The van der Waals surface area contributed by atoms with Crippen molar-refractivity contribution >= 4 is 24.0 Å². The van der Waals surface area contributed by atoms with E-state index < -0.39 is 0 Å². The summed E-state index contributed by atoms with van der Waals surface area (Å²) in [7, 11) is 0. The molecule has 1 saturated heterocycles. The second kappa shape index (κ2) is 9.44. The van der Waals surface area contributed by atoms with Crippen LogP contribution in [0.1, 0.15) is 30.4 Å². The number of nitrogens with one attached hydrogen (secondary N) is 2. The molecule has 2 N–H and O–H groups in total. The van der Waals surface area contributed by atoms with E-state index in [0.29, 0.717) is 19.1 Å². The van der Waals surface area contributed by atoms with Crippen LogP contribution in [0.15, 0.2) is 48.5 Å². The predicted octanol–water partition coefficient (Wildman–Crippen LogP) is 4.08. The highest BCUT2D eigenvalue weighted by Gasteiger charge is 2.17. The van der Waals surface area contributed by atoms with Gasteiger partial charge in [0.1, 0.15) is 12.4 Å². The van der Waals surface area contributed by atoms with E-state index in [9.17, 15) is 4.79 Å². The van der Waals surface area contributed by atoms with Crippen molar-refractivity contribution in [3.05, 3.63) is 59.7 Å². The SMILES string of the molecule is Cc1cccc(COc2cccc(NC(=O)CC3CCCN3)c2)c1.Cl. The Morgan fingerprint density at radius 3 is 2.84 bits per heavy atom. The summed E-state index contributed by atoms with van der Waals surface area (Å²) in [6.07, 6.45) is 2.75. The van der Waals surface area contributed by atoms with Gasteiger partial charge >= 0.3 is 0 Å². The topological polar surface area (TPSA) is 50.4 Å². The highest BCUT2D eigenvalue weighted by atomic mass is 35.5. The van der Waals surface area contributed by atoms with Gasteiger partial charge in [-0.25, -0.2) is 0 Å². The van der Waals surface area contributed by atoms with E-state index in [1.807, 2.05) is 36.4 Å². The van der Waals surface area contributed by atoms with Crippen molar-refractivity contribution in [1.29, 1.82) is 0 Å². The molecule has 0 aliphatic carbocycles. The molecule has 3 rings (SSSR count). The summed E-state index contributed by atoms with van der Waals surface area (Å²) < 4.78 is 5.84. The normalized spacial score (nSPS) is 16.1. The number of amides is 1. The number of hydrogen-bond donors (Lipinski definition) is 2. The molecule has 0 radical (unpaired) electrons. The van der Waals surface area contributed by atoms with Gasteiger partial charge in [0, 0.05) is 24.2 Å². The Balaban J connectivity index is 0.00000225. The number of hydrogen-bond acceptors (Lipinski definition) is 3. The first kappa shape index (κ1) is 19.3. The van der Waals surface area contributed by atoms with Crippen molar-refractivity contribution in [1.82, 2.24) is 5.32 Å². The highest BCUT2D eigenvalue weighted by molar-refractivity contribution is 5.91. The summed E-state index contributed by atoms with van der Waals surface area (Å²) >= 11 is 0. The lowest BCUT2D eigenvalue weighted by molar-refractivity contribution is -0.116. The van der Waals surface area contributed by atoms with Crippen LogP contribution < -0.4 is 15.4 Å². The van der Waals surface area contributed by atoms with E-state index in [-0.39, 0.29) is 18.3 Å². The molecule has 1 unspecified atom stereocenters. The van der Waals surface area contributed by atoms with Crippen LogP contribution >= 0.6 is 12.4 Å². The molecule has 4 nitrogen and oxygen atoms in total. The highest BCUT2D eigenvalue weighted by Crippen LogP contribution is 2.19. The Morgan fingerprint density at radius 1 is 1.24 bits per heavy atom. The molecule has 1 heterocycles. The van der Waals surface area contributed by atoms with E-state index in [0.717, 1.165) is 36.4 Å². The standard InChI is InChI=1S/C20H24N2O2.ClH/c1-15-5-2-6-16(11-15)14-24-19-9-3-7-18(12-19)22-20(23)13-17-8-4-10-21-17;/h2-3,5-7,9,11-12,17,21H,4,8,10,13-14H2,1H3,(H,22,23);1H. The van der Waals surface area contributed by atoms with Crippen molar-refractivity contribution in [3.8, 4) is 5.75 Å². The molecule has 2 aromatic rings. The quantitative estimate of drug-likeness (QED) is 0.816. The Hall–Kier alpha value is -2.04. The summed E-state index contributed by atoms with van der Waals surface area (Å²) in [4.78, 5) is 12.1. The van der Waals surface area contributed by atoms with Gasteiger partial charge in [-0.15, -0.1) is 12.4 Å². The zero-order chi connectivity index (χ0) is 16.8. The summed E-state index contributed by atoms with van der Waals surface area (Å²) in [6.45, 7) is 3.60. The van der Waals surface area contributed by atoms with Crippen LogP contribution in [0.3, 0.4) is 0 Å². The first-order valence-corrected chi connectivity index (χ1v) is 8.51. The monoisotopic (exact) mass is 360 g/mol. The van der Waals surface area contributed by atoms with Gasteiger partial charge in [0.05, 0.1) is 0 Å². The number of ether oxygens (including phenoxy) is 1. The lowest BCUT2D eigenvalue weighted by Gasteiger charge is -2.12. The van der Waals surface area contributed by atoms with Gasteiger partial charge in [-0.05, 0) is 44.0 Å². The van der Waals surface area contributed by atoms with Gasteiger partial charge < -0.3 is 15.4 Å². The van der Waals surface area contributed by atoms with E-state index >= 15 is 0 Å². The van der Waals surface area contributed by atoms with Gasteiger partial charge in [-0.3, -0.25) is 4.79 Å². The van der Waals surface area contributed by atoms with E-state index in [2.05, 4.69) is 29.7 Å². The molecule has 0 spiro atoms. The smallest absolute Gasteiger partial charge is 0.225 e. The molecule has 5 heteroatoms. The van der Waals surface area contributed by atoms with Crippen LogP contribution in [0.4, 0.5) is 5.69 Å². The molecule has 1 fully saturated rings. The van der Waals surface area contributed by atoms with Crippen LogP contribution in [0.25, 0.3) is 0 Å². The maximum atomic E-state index is 12.1. The molecule has 1 aliphatic rings. The molecule has 25 heavy (non-hydrogen) atoms. The lowest BCUT2D eigenvalue weighted by atomic mass is 10.1. The molecule has 0 saturated carbocycles. The molecule has 0 aromatic heterocycles. The Bertz CT molecular complexity index is 700. The van der Waals surface area contributed by atoms with Gasteiger partial charge in [-0.2, -0.15) is 0 Å². The number of benzene rings is 2. The Kier molecular flexibility index (Phi) is 7.29. The second-order valence-electron chi connectivity index (χ2n) is 6.35. The molecule has 0 bridgehead atoms. The van der Waals surface area contributed by atoms with Gasteiger partial charge in [0.25, 0.3) is 0 Å². The number of carbonyl (C=O) groups is 1. The fraction of sp³-hybridized carbons (Fsp3) is 0.350. The molecular weight excluding hydrogens is 336 g/mol. The number of rotatable bonds is 6. The van der Waals surface area contributed by atoms with Crippen molar-refractivity contribution in [3.63, 3.8) is 0 Å². The Morgan fingerprint density at radius 2 is 2.08 bits per heavy atom. The van der Waals surface area contributed by atoms with E-state index in [1.165, 1.54) is 5.56 Å². The molecular formula is C20H25ClN2O2. The summed E-state index contributed by atoms with van der Waals surface area (Å²) in [5.41, 5.74) is 3.13. The third-order valence-corrected chi connectivity index (χ3v) is 4.20. The zero-order valence-corrected chi connectivity index (χ0v) is 15.3. The molecule has 1 amide bonds. The van der Waals surface area contributed by atoms with Gasteiger partial charge in [0.2, 0.25) is 5.91 Å². The van der Waals surface area contributed by atoms with Gasteiger partial charge in [0.15, 0.2) is 0 Å². The van der Waals surface area contributed by atoms with Crippen LogP contribution in [0.5, 0.6) is 5.75 Å². The maximum absolute atomic E-state index is 12.1. The first-order valence-electron chi connectivity index (χ1n) is 8.51. The minimum atomic E-state index is 0. The third-order valence-electron chi connectivity index (χ3n) is 4.20. The van der Waals surface area contributed by atoms with Crippen molar-refractivity contribution in [2.75, 3.05) is 11.9 Å². The average molecular weight is 361 g/mol. The largest absolute Gasteiger partial charge is 0.489 e. The maximum Gasteiger partial charge on any atom is 0.225 e. The van der Waals surface area contributed by atoms with E-state index in [4.69, 9.17) is 4.74 Å². The molecule has 2 aromatic carbocycles. The summed E-state index contributed by atoms with van der Waals surface area (Å²) in [5.74, 6) is 0.804. The molecule has 1 aliphatic heterocycles. The van der Waals surface area contributed by atoms with Crippen LogP contribution in [0.2, 0.25) is 0 Å². The minimum absolute atomic E-state index is 0. The lowest BCUT2D eigenvalue weighted by Crippen LogP contribution is -2.27. The Labute approximate surface area is 155 Å². The van der Waals surface area contributed by atoms with Crippen LogP contribution in [0, 0.1) is 6.92 Å². The van der Waals surface area contributed by atoms with Crippen molar-refractivity contribution in [2.24, 2.45) is 0 Å². The summed E-state index contributed by atoms with van der Waals surface area (Å²) in [5, 5.41) is 6.30. The fourth-order valence-corrected chi connectivity index (χ4v) is 3.00. The predicted molar refractivity (Wildman–Crippen MR) is 103 cm³/mol.